The third-order valence-corrected chi connectivity index (χ3v) is 3.96. The topological polar surface area (TPSA) is 47.6 Å². The number of ether oxygens (including phenoxy) is 1. The van der Waals surface area contributed by atoms with Gasteiger partial charge in [-0.3, -0.25) is 4.99 Å². The highest BCUT2D eigenvalue weighted by molar-refractivity contribution is 9.10. The van der Waals surface area contributed by atoms with E-state index in [4.69, 9.17) is 10.4 Å². The minimum atomic E-state index is 0.493. The molecule has 0 heterocycles. The van der Waals surface area contributed by atoms with Crippen molar-refractivity contribution in [3.63, 3.8) is 0 Å². The van der Waals surface area contributed by atoms with Crippen LogP contribution in [-0.2, 0) is 6.42 Å². The summed E-state index contributed by atoms with van der Waals surface area (Å²) in [7, 11) is 2.20. The SMILES string of the molecule is COc1ccccc1CCCC=Nc1ccc(Br)cc1BN. The molecule has 0 spiro atoms. The lowest BCUT2D eigenvalue weighted by Crippen LogP contribution is -2.23. The van der Waals surface area contributed by atoms with Gasteiger partial charge in [-0.2, -0.15) is 0 Å². The first-order valence-electron chi connectivity index (χ1n) is 7.37. The summed E-state index contributed by atoms with van der Waals surface area (Å²) in [5, 5.41) is 0. The molecular formula is C17H20BBrN2O. The van der Waals surface area contributed by atoms with Gasteiger partial charge in [-0.15, -0.1) is 0 Å². The van der Waals surface area contributed by atoms with Gasteiger partial charge in [-0.05, 0) is 48.5 Å². The zero-order chi connectivity index (χ0) is 15.8. The number of rotatable bonds is 7. The number of aliphatic imine (C=N–C) groups is 1. The molecule has 0 aromatic heterocycles. The summed E-state index contributed by atoms with van der Waals surface area (Å²) >= 11 is 3.45. The van der Waals surface area contributed by atoms with E-state index >= 15 is 0 Å². The molecule has 2 aromatic carbocycles. The number of unbranched alkanes of at least 4 members (excludes halogenated alkanes) is 1. The number of nitrogens with zero attached hydrogens (tertiary/aromatic N) is 1. The first kappa shape index (κ1) is 16.8. The minimum Gasteiger partial charge on any atom is -0.496 e. The van der Waals surface area contributed by atoms with Gasteiger partial charge < -0.3 is 10.4 Å². The Morgan fingerprint density at radius 2 is 2.09 bits per heavy atom. The number of nitrogens with two attached hydrogens (primary N) is 1. The normalized spacial score (nSPS) is 10.9. The smallest absolute Gasteiger partial charge is 0.236 e. The van der Waals surface area contributed by atoms with Crippen molar-refractivity contribution in [2.45, 2.75) is 19.3 Å². The molecule has 2 aromatic rings. The maximum Gasteiger partial charge on any atom is 0.236 e. The van der Waals surface area contributed by atoms with Gasteiger partial charge in [0.1, 0.15) is 5.75 Å². The van der Waals surface area contributed by atoms with E-state index < -0.39 is 0 Å². The monoisotopic (exact) mass is 358 g/mol. The van der Waals surface area contributed by atoms with Crippen molar-refractivity contribution in [2.24, 2.45) is 10.6 Å². The summed E-state index contributed by atoms with van der Waals surface area (Å²) in [5.74, 6) is 0.956. The summed E-state index contributed by atoms with van der Waals surface area (Å²) in [6, 6.07) is 14.1. The molecule has 5 heteroatoms. The van der Waals surface area contributed by atoms with E-state index in [1.807, 2.05) is 42.6 Å². The van der Waals surface area contributed by atoms with E-state index in [0.29, 0.717) is 7.41 Å². The second kappa shape index (κ2) is 8.76. The number of hydrogen-bond acceptors (Lipinski definition) is 3. The Morgan fingerprint density at radius 1 is 1.27 bits per heavy atom. The molecule has 0 saturated heterocycles. The number of halogens is 1. The van der Waals surface area contributed by atoms with Gasteiger partial charge >= 0.3 is 0 Å². The molecule has 2 N–H and O–H groups in total. The van der Waals surface area contributed by atoms with Crippen molar-refractivity contribution in [1.29, 1.82) is 0 Å². The van der Waals surface area contributed by atoms with Crippen molar-refractivity contribution in [1.82, 2.24) is 0 Å². The highest BCUT2D eigenvalue weighted by Crippen LogP contribution is 2.19. The molecule has 0 saturated carbocycles. The molecule has 0 atom stereocenters. The first-order chi connectivity index (χ1) is 10.7. The fourth-order valence-electron chi connectivity index (χ4n) is 2.30. The average molecular weight is 359 g/mol. The van der Waals surface area contributed by atoms with Crippen molar-refractivity contribution < 1.29 is 4.74 Å². The Balaban J connectivity index is 1.88. The molecule has 0 unspecified atom stereocenters. The molecule has 0 fully saturated rings. The van der Waals surface area contributed by atoms with Crippen molar-refractivity contribution in [3.05, 3.63) is 52.5 Å². The highest BCUT2D eigenvalue weighted by atomic mass is 79.9. The number of para-hydroxylation sites is 1. The Labute approximate surface area is 141 Å². The molecule has 0 bridgehead atoms. The Bertz CT molecular complexity index is 646. The van der Waals surface area contributed by atoms with Gasteiger partial charge in [-0.1, -0.05) is 40.2 Å². The Hall–Kier alpha value is -1.59. The van der Waals surface area contributed by atoms with Crippen LogP contribution in [-0.4, -0.2) is 20.7 Å². The standard InChI is InChI=1S/C17H20BBrN2O/c1-22-17-8-3-2-6-13(17)7-4-5-11-21-16-10-9-14(19)12-15(16)18-20/h2-3,6,8-12,18H,4-5,7,20H2,1H3. The number of aryl methyl sites for hydroxylation is 1. The fraction of sp³-hybridized carbons (Fsp3) is 0.235. The zero-order valence-electron chi connectivity index (χ0n) is 12.8. The molecule has 3 nitrogen and oxygen atoms in total. The van der Waals surface area contributed by atoms with Crippen molar-refractivity contribution >= 4 is 40.7 Å². The summed E-state index contributed by atoms with van der Waals surface area (Å²) in [6.45, 7) is 0. The second-order valence-corrected chi connectivity index (χ2v) is 5.91. The minimum absolute atomic E-state index is 0.493. The lowest BCUT2D eigenvalue weighted by Gasteiger charge is -2.06. The van der Waals surface area contributed by atoms with E-state index in [1.165, 1.54) is 5.56 Å². The molecule has 0 amide bonds. The zero-order valence-corrected chi connectivity index (χ0v) is 14.3. The van der Waals surface area contributed by atoms with Crippen LogP contribution < -0.4 is 15.8 Å². The molecule has 0 aliphatic heterocycles. The van der Waals surface area contributed by atoms with Crippen molar-refractivity contribution in [3.8, 4) is 5.75 Å². The lowest BCUT2D eigenvalue weighted by atomic mass is 9.83. The van der Waals surface area contributed by atoms with Gasteiger partial charge in [0.25, 0.3) is 0 Å². The largest absolute Gasteiger partial charge is 0.496 e. The molecule has 22 heavy (non-hydrogen) atoms. The molecule has 2 rings (SSSR count). The summed E-state index contributed by atoms with van der Waals surface area (Å²) in [6.07, 6.45) is 4.93. The molecule has 114 valence electrons. The van der Waals surface area contributed by atoms with Gasteiger partial charge in [0.05, 0.1) is 12.8 Å². The molecule has 0 aliphatic rings. The van der Waals surface area contributed by atoms with E-state index in [2.05, 4.69) is 27.0 Å². The number of methoxy groups -OCH3 is 1. The van der Waals surface area contributed by atoms with Gasteiger partial charge in [0.2, 0.25) is 7.41 Å². The van der Waals surface area contributed by atoms with Crippen LogP contribution in [0.15, 0.2) is 51.9 Å². The maximum absolute atomic E-state index is 5.75. The average Bonchev–Trinajstić information content (AvgIpc) is 2.56. The van der Waals surface area contributed by atoms with Crippen LogP contribution in [0.4, 0.5) is 5.69 Å². The van der Waals surface area contributed by atoms with Gasteiger partial charge in [-0.25, -0.2) is 0 Å². The molecule has 0 radical (unpaired) electrons. The van der Waals surface area contributed by atoms with Crippen LogP contribution in [0.25, 0.3) is 0 Å². The van der Waals surface area contributed by atoms with Crippen LogP contribution >= 0.6 is 15.9 Å². The molecular weight excluding hydrogens is 339 g/mol. The van der Waals surface area contributed by atoms with E-state index in [0.717, 1.165) is 40.6 Å². The maximum atomic E-state index is 5.75. The summed E-state index contributed by atoms with van der Waals surface area (Å²) < 4.78 is 6.39. The van der Waals surface area contributed by atoms with Crippen LogP contribution in [0.2, 0.25) is 0 Å². The Kier molecular flexibility index (Phi) is 6.68. The fourth-order valence-corrected chi connectivity index (χ4v) is 2.71. The summed E-state index contributed by atoms with van der Waals surface area (Å²) in [5.41, 5.74) is 8.99. The predicted molar refractivity (Wildman–Crippen MR) is 99.2 cm³/mol. The van der Waals surface area contributed by atoms with E-state index in [9.17, 15) is 0 Å². The predicted octanol–water partition coefficient (Wildman–Crippen LogP) is 3.12. The third kappa shape index (κ3) is 4.72. The van der Waals surface area contributed by atoms with E-state index in [-0.39, 0.29) is 0 Å². The molecule has 0 aliphatic carbocycles. The van der Waals surface area contributed by atoms with Gasteiger partial charge in [0, 0.05) is 10.7 Å². The van der Waals surface area contributed by atoms with Crippen LogP contribution in [0, 0.1) is 0 Å². The quantitative estimate of drug-likeness (QED) is 0.469. The number of benzene rings is 2. The van der Waals surface area contributed by atoms with Crippen molar-refractivity contribution in [2.75, 3.05) is 7.11 Å². The highest BCUT2D eigenvalue weighted by Gasteiger charge is 2.02. The van der Waals surface area contributed by atoms with Crippen LogP contribution in [0.1, 0.15) is 18.4 Å². The third-order valence-electron chi connectivity index (χ3n) is 3.46. The van der Waals surface area contributed by atoms with Gasteiger partial charge in [0.15, 0.2) is 0 Å². The van der Waals surface area contributed by atoms with Crippen LogP contribution in [0.3, 0.4) is 0 Å². The summed E-state index contributed by atoms with van der Waals surface area (Å²) in [4.78, 5) is 4.53. The lowest BCUT2D eigenvalue weighted by molar-refractivity contribution is 0.409. The Morgan fingerprint density at radius 3 is 2.86 bits per heavy atom. The van der Waals surface area contributed by atoms with E-state index in [1.54, 1.807) is 7.11 Å². The van der Waals surface area contributed by atoms with Crippen LogP contribution in [0.5, 0.6) is 5.75 Å². The number of hydrogen-bond donors (Lipinski definition) is 1. The first-order valence-corrected chi connectivity index (χ1v) is 8.17. The second-order valence-electron chi connectivity index (χ2n) is 4.99.